The zero-order valence-electron chi connectivity index (χ0n) is 16.1. The highest BCUT2D eigenvalue weighted by Crippen LogP contribution is 2.05. The molecule has 0 aliphatic carbocycles. The van der Waals surface area contributed by atoms with E-state index in [0.717, 1.165) is 50.5 Å². The van der Waals surface area contributed by atoms with Crippen LogP contribution < -0.4 is 16.0 Å². The van der Waals surface area contributed by atoms with E-state index >= 15 is 0 Å². The van der Waals surface area contributed by atoms with Crippen molar-refractivity contribution in [2.24, 2.45) is 4.99 Å². The summed E-state index contributed by atoms with van der Waals surface area (Å²) in [6, 6.07) is 7.68. The van der Waals surface area contributed by atoms with Crippen LogP contribution in [0.4, 0.5) is 0 Å². The number of hydrogen-bond acceptors (Lipinski definition) is 3. The summed E-state index contributed by atoms with van der Waals surface area (Å²) in [5, 5.41) is 9.19. The van der Waals surface area contributed by atoms with Gasteiger partial charge >= 0.3 is 0 Å². The van der Waals surface area contributed by atoms with E-state index in [0.29, 0.717) is 18.7 Å². The van der Waals surface area contributed by atoms with E-state index in [1.807, 2.05) is 31.2 Å². The second-order valence-corrected chi connectivity index (χ2v) is 5.68. The van der Waals surface area contributed by atoms with Crippen LogP contribution >= 0.6 is 24.0 Å². The number of nitrogens with one attached hydrogen (secondary N) is 3. The van der Waals surface area contributed by atoms with E-state index in [4.69, 9.17) is 4.74 Å². The minimum atomic E-state index is -0.0622. The van der Waals surface area contributed by atoms with Crippen molar-refractivity contribution in [3.05, 3.63) is 35.4 Å². The molecule has 7 heteroatoms. The van der Waals surface area contributed by atoms with Gasteiger partial charge in [0.1, 0.15) is 0 Å². The lowest BCUT2D eigenvalue weighted by atomic mass is 10.1. The molecule has 0 radical (unpaired) electrons. The Balaban J connectivity index is 0.00000625. The standard InChI is InChI=1S/C19H32N4O2.HI/c1-4-6-13-25-14-12-23-19(21-5-2)22-11-10-16-8-7-9-17(15-16)18(24)20-3;/h7-9,15H,4-6,10-14H2,1-3H3,(H,20,24)(H2,21,22,23);1H. The Hall–Kier alpha value is -1.35. The van der Waals surface area contributed by atoms with Crippen LogP contribution in [0.1, 0.15) is 42.6 Å². The number of nitrogens with zero attached hydrogens (tertiary/aromatic N) is 1. The molecule has 3 N–H and O–H groups in total. The fourth-order valence-corrected chi connectivity index (χ4v) is 2.25. The minimum Gasteiger partial charge on any atom is -0.380 e. The molecule has 26 heavy (non-hydrogen) atoms. The molecule has 0 aliphatic heterocycles. The largest absolute Gasteiger partial charge is 0.380 e. The summed E-state index contributed by atoms with van der Waals surface area (Å²) in [6.07, 6.45) is 3.06. The van der Waals surface area contributed by atoms with Gasteiger partial charge in [-0.05, 0) is 37.5 Å². The smallest absolute Gasteiger partial charge is 0.251 e. The van der Waals surface area contributed by atoms with Crippen LogP contribution in [0.2, 0.25) is 0 Å². The molecule has 1 aromatic rings. The van der Waals surface area contributed by atoms with Gasteiger partial charge in [-0.3, -0.25) is 9.79 Å². The van der Waals surface area contributed by atoms with E-state index in [1.165, 1.54) is 0 Å². The van der Waals surface area contributed by atoms with Crippen LogP contribution in [0.3, 0.4) is 0 Å². The van der Waals surface area contributed by atoms with Crippen LogP contribution in [0, 0.1) is 0 Å². The third kappa shape index (κ3) is 10.6. The first-order chi connectivity index (χ1) is 12.2. The highest BCUT2D eigenvalue weighted by Gasteiger charge is 2.04. The van der Waals surface area contributed by atoms with Crippen molar-refractivity contribution in [3.8, 4) is 0 Å². The highest BCUT2D eigenvalue weighted by molar-refractivity contribution is 14.0. The second kappa shape index (κ2) is 15.9. The first-order valence-electron chi connectivity index (χ1n) is 9.12. The molecule has 0 aromatic heterocycles. The minimum absolute atomic E-state index is 0. The fraction of sp³-hybridized carbons (Fsp3) is 0.579. The quantitative estimate of drug-likeness (QED) is 0.199. The van der Waals surface area contributed by atoms with E-state index in [1.54, 1.807) is 7.05 Å². The van der Waals surface area contributed by atoms with Crippen molar-refractivity contribution in [2.45, 2.75) is 33.1 Å². The summed E-state index contributed by atoms with van der Waals surface area (Å²) in [4.78, 5) is 16.2. The predicted molar refractivity (Wildman–Crippen MR) is 119 cm³/mol. The molecule has 0 aliphatic rings. The average Bonchev–Trinajstić information content (AvgIpc) is 2.64. The SMILES string of the molecule is CCCCOCCN=C(NCC)NCCc1cccc(C(=O)NC)c1.I. The second-order valence-electron chi connectivity index (χ2n) is 5.68. The molecular formula is C19H33IN4O2. The molecule has 0 bridgehead atoms. The first kappa shape index (κ1) is 24.7. The van der Waals surface area contributed by atoms with Gasteiger partial charge in [0, 0.05) is 32.3 Å². The summed E-state index contributed by atoms with van der Waals surface area (Å²) < 4.78 is 5.52. The number of amides is 1. The third-order valence-corrected chi connectivity index (χ3v) is 3.61. The van der Waals surface area contributed by atoms with E-state index in [9.17, 15) is 4.79 Å². The normalized spacial score (nSPS) is 10.8. The summed E-state index contributed by atoms with van der Waals surface area (Å²) in [5.41, 5.74) is 1.80. The van der Waals surface area contributed by atoms with Gasteiger partial charge in [0.05, 0.1) is 13.2 Å². The molecule has 0 spiro atoms. The average molecular weight is 476 g/mol. The third-order valence-electron chi connectivity index (χ3n) is 3.61. The number of benzene rings is 1. The Morgan fingerprint density at radius 1 is 1.19 bits per heavy atom. The summed E-state index contributed by atoms with van der Waals surface area (Å²) >= 11 is 0. The molecule has 0 saturated carbocycles. The number of ether oxygens (including phenoxy) is 1. The number of rotatable bonds is 11. The molecule has 1 aromatic carbocycles. The zero-order valence-corrected chi connectivity index (χ0v) is 18.5. The molecule has 0 saturated heterocycles. The van der Waals surface area contributed by atoms with Crippen molar-refractivity contribution >= 4 is 35.8 Å². The van der Waals surface area contributed by atoms with Gasteiger partial charge in [-0.1, -0.05) is 25.5 Å². The molecule has 148 valence electrons. The lowest BCUT2D eigenvalue weighted by molar-refractivity contribution is 0.0963. The van der Waals surface area contributed by atoms with E-state index < -0.39 is 0 Å². The van der Waals surface area contributed by atoms with Gasteiger partial charge in [0.15, 0.2) is 5.96 Å². The van der Waals surface area contributed by atoms with Gasteiger partial charge in [-0.25, -0.2) is 0 Å². The Labute approximate surface area is 174 Å². The molecule has 0 unspecified atom stereocenters. The Morgan fingerprint density at radius 2 is 2.00 bits per heavy atom. The zero-order chi connectivity index (χ0) is 18.3. The topological polar surface area (TPSA) is 74.8 Å². The molecule has 0 fully saturated rings. The van der Waals surface area contributed by atoms with Gasteiger partial charge in [-0.15, -0.1) is 24.0 Å². The van der Waals surface area contributed by atoms with Crippen LogP contribution in [0.15, 0.2) is 29.3 Å². The molecule has 1 rings (SSSR count). The molecule has 0 heterocycles. The van der Waals surface area contributed by atoms with Crippen molar-refractivity contribution in [1.29, 1.82) is 0 Å². The number of unbranched alkanes of at least 4 members (excludes halogenated alkanes) is 1. The lowest BCUT2D eigenvalue weighted by Gasteiger charge is -2.12. The number of guanidine groups is 1. The summed E-state index contributed by atoms with van der Waals surface area (Å²) in [5.74, 6) is 0.733. The monoisotopic (exact) mass is 476 g/mol. The molecule has 0 atom stereocenters. The van der Waals surface area contributed by atoms with Crippen LogP contribution in [0.25, 0.3) is 0 Å². The predicted octanol–water partition coefficient (Wildman–Crippen LogP) is 2.58. The van der Waals surface area contributed by atoms with Crippen LogP contribution in [0.5, 0.6) is 0 Å². The Morgan fingerprint density at radius 3 is 2.69 bits per heavy atom. The number of halogens is 1. The lowest BCUT2D eigenvalue weighted by Crippen LogP contribution is -2.38. The van der Waals surface area contributed by atoms with Crippen LogP contribution in [-0.2, 0) is 11.2 Å². The van der Waals surface area contributed by atoms with Crippen molar-refractivity contribution in [2.75, 3.05) is 39.9 Å². The van der Waals surface area contributed by atoms with Gasteiger partial charge in [-0.2, -0.15) is 0 Å². The maximum absolute atomic E-state index is 11.7. The summed E-state index contributed by atoms with van der Waals surface area (Å²) in [7, 11) is 1.64. The van der Waals surface area contributed by atoms with Crippen molar-refractivity contribution in [3.63, 3.8) is 0 Å². The van der Waals surface area contributed by atoms with E-state index in [-0.39, 0.29) is 29.9 Å². The Kier molecular flexibility index (Phi) is 15.0. The number of carbonyl (C=O) groups is 1. The first-order valence-corrected chi connectivity index (χ1v) is 9.12. The Bertz CT molecular complexity index is 538. The molecule has 6 nitrogen and oxygen atoms in total. The maximum atomic E-state index is 11.7. The number of hydrogen-bond donors (Lipinski definition) is 3. The summed E-state index contributed by atoms with van der Waals surface area (Å²) in [6.45, 7) is 7.85. The highest BCUT2D eigenvalue weighted by atomic mass is 127. The molecule has 1 amide bonds. The molecular weight excluding hydrogens is 443 g/mol. The van der Waals surface area contributed by atoms with E-state index in [2.05, 4.69) is 27.9 Å². The van der Waals surface area contributed by atoms with Gasteiger partial charge in [0.25, 0.3) is 5.91 Å². The van der Waals surface area contributed by atoms with Crippen molar-refractivity contribution in [1.82, 2.24) is 16.0 Å². The maximum Gasteiger partial charge on any atom is 0.251 e. The number of carbonyl (C=O) groups excluding carboxylic acids is 1. The van der Waals surface area contributed by atoms with Crippen molar-refractivity contribution < 1.29 is 9.53 Å². The number of aliphatic imine (C=N–C) groups is 1. The van der Waals surface area contributed by atoms with Crippen LogP contribution in [-0.4, -0.2) is 51.8 Å². The van der Waals surface area contributed by atoms with Gasteiger partial charge in [0.2, 0.25) is 0 Å². The fourth-order valence-electron chi connectivity index (χ4n) is 2.25. The van der Waals surface area contributed by atoms with Gasteiger partial charge < -0.3 is 20.7 Å².